The second-order valence-electron chi connectivity index (χ2n) is 5.25. The second-order valence-corrected chi connectivity index (χ2v) is 5.25. The topological polar surface area (TPSA) is 29.3 Å². The van der Waals surface area contributed by atoms with Crippen LogP contribution in [0.1, 0.15) is 50.6 Å². The molecule has 18 heavy (non-hydrogen) atoms. The van der Waals surface area contributed by atoms with Crippen molar-refractivity contribution in [3.05, 3.63) is 29.6 Å². The first-order chi connectivity index (χ1) is 8.68. The van der Waals surface area contributed by atoms with Gasteiger partial charge in [0, 0.05) is 19.1 Å². The predicted molar refractivity (Wildman–Crippen MR) is 74.3 cm³/mol. The summed E-state index contributed by atoms with van der Waals surface area (Å²) in [6.07, 6.45) is 6.16. The number of anilines is 1. The molecule has 0 saturated carbocycles. The average molecular weight is 250 g/mol. The van der Waals surface area contributed by atoms with E-state index >= 15 is 0 Å². The molecule has 2 rings (SSSR count). The second kappa shape index (κ2) is 6.19. The van der Waals surface area contributed by atoms with Gasteiger partial charge in [0.05, 0.1) is 5.69 Å². The van der Waals surface area contributed by atoms with E-state index in [1.807, 2.05) is 19.1 Å². The highest BCUT2D eigenvalue weighted by atomic mass is 19.1. The van der Waals surface area contributed by atoms with Crippen molar-refractivity contribution < 1.29 is 4.39 Å². The minimum absolute atomic E-state index is 0.110. The molecular weight excluding hydrogens is 227 g/mol. The third-order valence-electron chi connectivity index (χ3n) is 3.69. The summed E-state index contributed by atoms with van der Waals surface area (Å²) in [6, 6.07) is 5.30. The molecule has 1 heterocycles. The van der Waals surface area contributed by atoms with Gasteiger partial charge in [-0.15, -0.1) is 0 Å². The molecule has 1 fully saturated rings. The molecule has 1 aromatic rings. The predicted octanol–water partition coefficient (Wildman–Crippen LogP) is 3.62. The van der Waals surface area contributed by atoms with Crippen molar-refractivity contribution in [2.24, 2.45) is 5.73 Å². The van der Waals surface area contributed by atoms with Gasteiger partial charge in [-0.3, -0.25) is 0 Å². The molecule has 1 aliphatic heterocycles. The van der Waals surface area contributed by atoms with E-state index < -0.39 is 0 Å². The lowest BCUT2D eigenvalue weighted by atomic mass is 10.1. The van der Waals surface area contributed by atoms with Gasteiger partial charge in [-0.25, -0.2) is 4.39 Å². The summed E-state index contributed by atoms with van der Waals surface area (Å²) in [7, 11) is 0. The number of halogens is 1. The first-order valence-electron chi connectivity index (χ1n) is 6.98. The Morgan fingerprint density at radius 1 is 1.11 bits per heavy atom. The molecule has 0 aromatic heterocycles. The molecule has 2 nitrogen and oxygen atoms in total. The van der Waals surface area contributed by atoms with Gasteiger partial charge in [0.15, 0.2) is 0 Å². The molecule has 1 unspecified atom stereocenters. The van der Waals surface area contributed by atoms with Crippen LogP contribution in [0.4, 0.5) is 10.1 Å². The lowest BCUT2D eigenvalue weighted by Gasteiger charge is -2.27. The van der Waals surface area contributed by atoms with Gasteiger partial charge in [0.25, 0.3) is 0 Å². The van der Waals surface area contributed by atoms with E-state index in [9.17, 15) is 4.39 Å². The highest BCUT2D eigenvalue weighted by Gasteiger charge is 2.14. The van der Waals surface area contributed by atoms with Gasteiger partial charge in [-0.05, 0) is 37.5 Å². The van der Waals surface area contributed by atoms with E-state index in [1.54, 1.807) is 6.07 Å². The van der Waals surface area contributed by atoms with Crippen molar-refractivity contribution in [3.8, 4) is 0 Å². The maximum absolute atomic E-state index is 14.1. The van der Waals surface area contributed by atoms with Crippen LogP contribution >= 0.6 is 0 Å². The molecule has 0 radical (unpaired) electrons. The number of hydrogen-bond donors (Lipinski definition) is 1. The lowest BCUT2D eigenvalue weighted by molar-refractivity contribution is 0.544. The standard InChI is InChI=1S/C15H23FN2/c1-12(17)13-7-8-15(14(16)11-13)18-9-5-3-2-4-6-10-18/h7-8,11-12H,2-6,9-10,17H2,1H3. The maximum Gasteiger partial charge on any atom is 0.146 e. The monoisotopic (exact) mass is 250 g/mol. The zero-order valence-corrected chi connectivity index (χ0v) is 11.2. The molecule has 1 aliphatic rings. The Labute approximate surface area is 109 Å². The molecule has 2 N–H and O–H groups in total. The zero-order chi connectivity index (χ0) is 13.0. The number of hydrogen-bond acceptors (Lipinski definition) is 2. The largest absolute Gasteiger partial charge is 0.369 e. The van der Waals surface area contributed by atoms with Crippen LogP contribution in [0.15, 0.2) is 18.2 Å². The van der Waals surface area contributed by atoms with Gasteiger partial charge in [-0.2, -0.15) is 0 Å². The minimum Gasteiger partial charge on any atom is -0.369 e. The minimum atomic E-state index is -0.134. The molecule has 0 bridgehead atoms. The number of nitrogens with two attached hydrogens (primary N) is 1. The molecule has 0 amide bonds. The molecule has 0 spiro atoms. The highest BCUT2D eigenvalue weighted by molar-refractivity contribution is 5.49. The van der Waals surface area contributed by atoms with Crippen LogP contribution in [-0.4, -0.2) is 13.1 Å². The van der Waals surface area contributed by atoms with Crippen LogP contribution in [0.5, 0.6) is 0 Å². The fourth-order valence-electron chi connectivity index (χ4n) is 2.55. The summed E-state index contributed by atoms with van der Waals surface area (Å²) < 4.78 is 14.1. The number of benzene rings is 1. The summed E-state index contributed by atoms with van der Waals surface area (Å²) in [5.41, 5.74) is 7.38. The normalized spacial score (nSPS) is 19.2. The third kappa shape index (κ3) is 3.22. The van der Waals surface area contributed by atoms with Crippen molar-refractivity contribution in [1.29, 1.82) is 0 Å². The van der Waals surface area contributed by atoms with Gasteiger partial charge < -0.3 is 10.6 Å². The Hall–Kier alpha value is -1.09. The van der Waals surface area contributed by atoms with E-state index in [0.29, 0.717) is 0 Å². The molecule has 100 valence electrons. The van der Waals surface area contributed by atoms with Gasteiger partial charge in [0.1, 0.15) is 5.82 Å². The quantitative estimate of drug-likeness (QED) is 0.868. The molecule has 1 atom stereocenters. The van der Waals surface area contributed by atoms with Gasteiger partial charge in [0.2, 0.25) is 0 Å². The third-order valence-corrected chi connectivity index (χ3v) is 3.69. The summed E-state index contributed by atoms with van der Waals surface area (Å²) in [5, 5.41) is 0. The Bertz CT molecular complexity index is 382. The molecule has 3 heteroatoms. The van der Waals surface area contributed by atoms with E-state index in [4.69, 9.17) is 5.73 Å². The van der Waals surface area contributed by atoms with Crippen molar-refractivity contribution in [1.82, 2.24) is 0 Å². The molecular formula is C15H23FN2. The van der Waals surface area contributed by atoms with Crippen LogP contribution in [0.3, 0.4) is 0 Å². The molecule has 1 aromatic carbocycles. The van der Waals surface area contributed by atoms with Crippen LogP contribution in [0.2, 0.25) is 0 Å². The Balaban J connectivity index is 2.15. The summed E-state index contributed by atoms with van der Waals surface area (Å²) in [5.74, 6) is -0.134. The van der Waals surface area contributed by atoms with Crippen LogP contribution in [0, 0.1) is 5.82 Å². The summed E-state index contributed by atoms with van der Waals surface area (Å²) in [6.45, 7) is 3.81. The van der Waals surface area contributed by atoms with Crippen molar-refractivity contribution >= 4 is 5.69 Å². The summed E-state index contributed by atoms with van der Waals surface area (Å²) in [4.78, 5) is 2.18. The lowest BCUT2D eigenvalue weighted by Crippen LogP contribution is -2.28. The smallest absolute Gasteiger partial charge is 0.146 e. The fourth-order valence-corrected chi connectivity index (χ4v) is 2.55. The Morgan fingerprint density at radius 3 is 2.28 bits per heavy atom. The molecule has 1 saturated heterocycles. The first-order valence-corrected chi connectivity index (χ1v) is 6.98. The van der Waals surface area contributed by atoms with Crippen molar-refractivity contribution in [2.75, 3.05) is 18.0 Å². The average Bonchev–Trinajstić information content (AvgIpc) is 2.29. The number of rotatable bonds is 2. The van der Waals surface area contributed by atoms with Crippen LogP contribution in [-0.2, 0) is 0 Å². The van der Waals surface area contributed by atoms with Crippen LogP contribution < -0.4 is 10.6 Å². The fraction of sp³-hybridized carbons (Fsp3) is 0.600. The highest BCUT2D eigenvalue weighted by Crippen LogP contribution is 2.25. The maximum atomic E-state index is 14.1. The Kier molecular flexibility index (Phi) is 4.59. The van der Waals surface area contributed by atoms with Crippen LogP contribution in [0.25, 0.3) is 0 Å². The molecule has 0 aliphatic carbocycles. The van der Waals surface area contributed by atoms with Gasteiger partial charge >= 0.3 is 0 Å². The SMILES string of the molecule is CC(N)c1ccc(N2CCCCCCC2)c(F)c1. The van der Waals surface area contributed by atoms with Crippen molar-refractivity contribution in [3.63, 3.8) is 0 Å². The van der Waals surface area contributed by atoms with E-state index in [-0.39, 0.29) is 11.9 Å². The van der Waals surface area contributed by atoms with E-state index in [2.05, 4.69) is 4.90 Å². The zero-order valence-electron chi connectivity index (χ0n) is 11.2. The van der Waals surface area contributed by atoms with Crippen molar-refractivity contribution in [2.45, 2.75) is 45.1 Å². The van der Waals surface area contributed by atoms with Gasteiger partial charge in [-0.1, -0.05) is 25.3 Å². The van der Waals surface area contributed by atoms with E-state index in [0.717, 1.165) is 37.2 Å². The Morgan fingerprint density at radius 2 is 1.72 bits per heavy atom. The van der Waals surface area contributed by atoms with E-state index in [1.165, 1.54) is 19.3 Å². The summed E-state index contributed by atoms with van der Waals surface area (Å²) >= 11 is 0. The first kappa shape index (κ1) is 13.3. The number of nitrogens with zero attached hydrogens (tertiary/aromatic N) is 1.